The summed E-state index contributed by atoms with van der Waals surface area (Å²) >= 11 is 0. The van der Waals surface area contributed by atoms with Crippen molar-refractivity contribution in [2.24, 2.45) is 5.92 Å². The van der Waals surface area contributed by atoms with E-state index in [2.05, 4.69) is 24.5 Å². The Morgan fingerprint density at radius 1 is 1.18 bits per heavy atom. The van der Waals surface area contributed by atoms with E-state index in [-0.39, 0.29) is 6.03 Å². The maximum absolute atomic E-state index is 11.9. The van der Waals surface area contributed by atoms with Gasteiger partial charge in [-0.3, -0.25) is 0 Å². The first-order valence-corrected chi connectivity index (χ1v) is 7.61. The fourth-order valence-electron chi connectivity index (χ4n) is 1.64. The van der Waals surface area contributed by atoms with Crippen LogP contribution in [0, 0.1) is 5.92 Å². The SMILES string of the molecule is CCOc1ccc(NC(=O)N/C=C(\C)C(C)C)cc1OCC. The number of hydrogen-bond donors (Lipinski definition) is 2. The lowest BCUT2D eigenvalue weighted by Gasteiger charge is -2.13. The van der Waals surface area contributed by atoms with E-state index in [1.54, 1.807) is 24.4 Å². The zero-order valence-electron chi connectivity index (χ0n) is 14.0. The number of ether oxygens (including phenoxy) is 2. The third kappa shape index (κ3) is 5.68. The lowest BCUT2D eigenvalue weighted by Crippen LogP contribution is -2.24. The van der Waals surface area contributed by atoms with Gasteiger partial charge in [-0.05, 0) is 38.8 Å². The maximum atomic E-state index is 11.9. The molecule has 0 radical (unpaired) electrons. The summed E-state index contributed by atoms with van der Waals surface area (Å²) in [6, 6.07) is 5.05. The number of hydrogen-bond acceptors (Lipinski definition) is 3. The van der Waals surface area contributed by atoms with Crippen LogP contribution in [-0.2, 0) is 0 Å². The van der Waals surface area contributed by atoms with Gasteiger partial charge in [-0.2, -0.15) is 0 Å². The summed E-state index contributed by atoms with van der Waals surface area (Å²) in [7, 11) is 0. The van der Waals surface area contributed by atoms with Gasteiger partial charge in [0, 0.05) is 18.0 Å². The first-order valence-electron chi connectivity index (χ1n) is 7.61. The van der Waals surface area contributed by atoms with E-state index in [1.165, 1.54) is 0 Å². The van der Waals surface area contributed by atoms with E-state index in [4.69, 9.17) is 9.47 Å². The van der Waals surface area contributed by atoms with Crippen molar-refractivity contribution in [2.45, 2.75) is 34.6 Å². The van der Waals surface area contributed by atoms with Crippen LogP contribution in [0.1, 0.15) is 34.6 Å². The molecule has 0 heterocycles. The molecule has 1 rings (SSSR count). The molecule has 0 spiro atoms. The lowest BCUT2D eigenvalue weighted by atomic mass is 10.1. The zero-order valence-corrected chi connectivity index (χ0v) is 14.0. The molecule has 0 aromatic heterocycles. The van der Waals surface area contributed by atoms with Crippen LogP contribution in [0.15, 0.2) is 30.0 Å². The zero-order chi connectivity index (χ0) is 16.5. The van der Waals surface area contributed by atoms with Crippen molar-refractivity contribution in [3.05, 3.63) is 30.0 Å². The molecule has 0 aliphatic heterocycles. The van der Waals surface area contributed by atoms with Crippen LogP contribution in [0.3, 0.4) is 0 Å². The van der Waals surface area contributed by atoms with E-state index in [0.29, 0.717) is 36.3 Å². The number of carbonyl (C=O) groups is 1. The molecule has 122 valence electrons. The van der Waals surface area contributed by atoms with Gasteiger partial charge >= 0.3 is 6.03 Å². The summed E-state index contributed by atoms with van der Waals surface area (Å²) < 4.78 is 11.0. The molecule has 5 heteroatoms. The van der Waals surface area contributed by atoms with E-state index >= 15 is 0 Å². The quantitative estimate of drug-likeness (QED) is 0.795. The molecule has 0 bridgehead atoms. The van der Waals surface area contributed by atoms with E-state index < -0.39 is 0 Å². The monoisotopic (exact) mass is 306 g/mol. The van der Waals surface area contributed by atoms with Crippen molar-refractivity contribution in [3.63, 3.8) is 0 Å². The molecule has 0 atom stereocenters. The lowest BCUT2D eigenvalue weighted by molar-refractivity contribution is 0.255. The molecular formula is C17H26N2O3. The number of urea groups is 1. The van der Waals surface area contributed by atoms with Gasteiger partial charge in [0.1, 0.15) is 0 Å². The normalized spacial score (nSPS) is 11.3. The number of benzene rings is 1. The summed E-state index contributed by atoms with van der Waals surface area (Å²) in [5.74, 6) is 1.69. The standard InChI is InChI=1S/C17H26N2O3/c1-6-21-15-9-8-14(10-16(15)22-7-2)19-17(20)18-11-13(5)12(3)4/h8-12H,6-7H2,1-5H3,(H2,18,19,20)/b13-11+. The van der Waals surface area contributed by atoms with Crippen LogP contribution in [0.25, 0.3) is 0 Å². The van der Waals surface area contributed by atoms with E-state index in [1.807, 2.05) is 20.8 Å². The molecule has 0 unspecified atom stereocenters. The number of allylic oxidation sites excluding steroid dienone is 1. The molecule has 1 aromatic carbocycles. The topological polar surface area (TPSA) is 59.6 Å². The molecule has 2 N–H and O–H groups in total. The highest BCUT2D eigenvalue weighted by Crippen LogP contribution is 2.30. The van der Waals surface area contributed by atoms with Crippen molar-refractivity contribution < 1.29 is 14.3 Å². The molecule has 0 fully saturated rings. The third-order valence-corrected chi connectivity index (χ3v) is 3.14. The molecule has 0 aliphatic rings. The molecule has 2 amide bonds. The first kappa shape index (κ1) is 17.9. The van der Waals surface area contributed by atoms with Crippen molar-refractivity contribution in [2.75, 3.05) is 18.5 Å². The van der Waals surface area contributed by atoms with Crippen molar-refractivity contribution >= 4 is 11.7 Å². The Labute approximate surface area is 132 Å². The Morgan fingerprint density at radius 2 is 1.82 bits per heavy atom. The van der Waals surface area contributed by atoms with Gasteiger partial charge in [-0.15, -0.1) is 0 Å². The molecule has 0 saturated carbocycles. The van der Waals surface area contributed by atoms with Crippen molar-refractivity contribution in [1.82, 2.24) is 5.32 Å². The predicted octanol–water partition coefficient (Wildman–Crippen LogP) is 4.17. The molecular weight excluding hydrogens is 280 g/mol. The minimum atomic E-state index is -0.286. The first-order chi connectivity index (χ1) is 10.5. The second-order valence-electron chi connectivity index (χ2n) is 5.17. The predicted molar refractivity (Wildman–Crippen MR) is 89.5 cm³/mol. The second-order valence-corrected chi connectivity index (χ2v) is 5.17. The van der Waals surface area contributed by atoms with Crippen LogP contribution in [0.5, 0.6) is 11.5 Å². The number of carbonyl (C=O) groups excluding carboxylic acids is 1. The van der Waals surface area contributed by atoms with Crippen LogP contribution in [-0.4, -0.2) is 19.2 Å². The van der Waals surface area contributed by atoms with Crippen molar-refractivity contribution in [1.29, 1.82) is 0 Å². The Kier molecular flexibility index (Phi) is 7.29. The molecule has 1 aromatic rings. The molecule has 5 nitrogen and oxygen atoms in total. The minimum absolute atomic E-state index is 0.286. The summed E-state index contributed by atoms with van der Waals surface area (Å²) in [4.78, 5) is 11.9. The van der Waals surface area contributed by atoms with Crippen LogP contribution in [0.2, 0.25) is 0 Å². The number of amides is 2. The fraction of sp³-hybridized carbons (Fsp3) is 0.471. The summed E-state index contributed by atoms with van der Waals surface area (Å²) in [5, 5.41) is 5.49. The Morgan fingerprint density at radius 3 is 2.41 bits per heavy atom. The summed E-state index contributed by atoms with van der Waals surface area (Å²) in [6.45, 7) is 11.0. The van der Waals surface area contributed by atoms with Gasteiger partial charge < -0.3 is 20.1 Å². The van der Waals surface area contributed by atoms with Gasteiger partial charge in [0.05, 0.1) is 13.2 Å². The highest BCUT2D eigenvalue weighted by molar-refractivity contribution is 5.90. The van der Waals surface area contributed by atoms with Crippen molar-refractivity contribution in [3.8, 4) is 11.5 Å². The largest absolute Gasteiger partial charge is 0.490 e. The van der Waals surface area contributed by atoms with E-state index in [0.717, 1.165) is 5.57 Å². The van der Waals surface area contributed by atoms with Gasteiger partial charge in [0.15, 0.2) is 11.5 Å². The molecule has 0 aliphatic carbocycles. The van der Waals surface area contributed by atoms with Gasteiger partial charge in [-0.1, -0.05) is 19.4 Å². The Balaban J connectivity index is 2.74. The Hall–Kier alpha value is -2.17. The van der Waals surface area contributed by atoms with Crippen LogP contribution >= 0.6 is 0 Å². The highest BCUT2D eigenvalue weighted by Gasteiger charge is 2.08. The summed E-state index contributed by atoms with van der Waals surface area (Å²) in [6.07, 6.45) is 1.72. The third-order valence-electron chi connectivity index (χ3n) is 3.14. The van der Waals surface area contributed by atoms with Gasteiger partial charge in [0.2, 0.25) is 0 Å². The Bertz CT molecular complexity index is 525. The number of nitrogens with one attached hydrogen (secondary N) is 2. The van der Waals surface area contributed by atoms with Gasteiger partial charge in [0.25, 0.3) is 0 Å². The maximum Gasteiger partial charge on any atom is 0.323 e. The summed E-state index contributed by atoms with van der Waals surface area (Å²) in [5.41, 5.74) is 1.76. The van der Waals surface area contributed by atoms with Crippen LogP contribution in [0.4, 0.5) is 10.5 Å². The highest BCUT2D eigenvalue weighted by atomic mass is 16.5. The number of anilines is 1. The van der Waals surface area contributed by atoms with Gasteiger partial charge in [-0.25, -0.2) is 4.79 Å². The average Bonchev–Trinajstić information content (AvgIpc) is 2.47. The average molecular weight is 306 g/mol. The fourth-order valence-corrected chi connectivity index (χ4v) is 1.64. The van der Waals surface area contributed by atoms with Crippen LogP contribution < -0.4 is 20.1 Å². The van der Waals surface area contributed by atoms with E-state index in [9.17, 15) is 4.79 Å². The smallest absolute Gasteiger partial charge is 0.323 e. The number of rotatable bonds is 7. The second kappa shape index (κ2) is 8.97. The minimum Gasteiger partial charge on any atom is -0.490 e. The molecule has 0 saturated heterocycles. The molecule has 22 heavy (non-hydrogen) atoms.